The smallest absolute Gasteiger partial charge is 0.329 e. The first-order chi connectivity index (χ1) is 22.0. The number of esters is 1. The molecule has 10 heteroatoms. The van der Waals surface area contributed by atoms with Gasteiger partial charge in [-0.05, 0) is 88.0 Å². The molecule has 2 saturated heterocycles. The number of amides is 1. The molecule has 0 bridgehead atoms. The number of pyridine rings is 2. The molecule has 46 heavy (non-hydrogen) atoms. The third-order valence-electron chi connectivity index (χ3n) is 9.46. The van der Waals surface area contributed by atoms with E-state index in [-0.39, 0.29) is 25.2 Å². The van der Waals surface area contributed by atoms with Crippen molar-refractivity contribution >= 4 is 11.9 Å². The van der Waals surface area contributed by atoms with Crippen molar-refractivity contribution in [1.29, 1.82) is 0 Å². The van der Waals surface area contributed by atoms with E-state index in [9.17, 15) is 9.59 Å². The maximum Gasteiger partial charge on any atom is 0.329 e. The van der Waals surface area contributed by atoms with Gasteiger partial charge in [-0.1, -0.05) is 27.2 Å². The van der Waals surface area contributed by atoms with Gasteiger partial charge in [-0.2, -0.15) is 0 Å². The first-order valence-electron chi connectivity index (χ1n) is 16.9. The third-order valence-corrected chi connectivity index (χ3v) is 9.46. The highest BCUT2D eigenvalue weighted by Crippen LogP contribution is 2.52. The number of carbonyl (C=O) groups is 2. The summed E-state index contributed by atoms with van der Waals surface area (Å²) in [6, 6.07) is 4.26. The zero-order valence-electron chi connectivity index (χ0n) is 28.5. The molecule has 5 rings (SSSR count). The van der Waals surface area contributed by atoms with Gasteiger partial charge in [0.05, 0.1) is 38.6 Å². The minimum Gasteiger partial charge on any atom is -0.481 e. The molecular weight excluding hydrogens is 586 g/mol. The molecule has 10 nitrogen and oxygen atoms in total. The van der Waals surface area contributed by atoms with E-state index in [4.69, 9.17) is 23.7 Å². The van der Waals surface area contributed by atoms with E-state index in [0.717, 1.165) is 31.2 Å². The van der Waals surface area contributed by atoms with Crippen LogP contribution in [0, 0.1) is 11.3 Å². The number of nitrogens with zero attached hydrogens (tertiary/aromatic N) is 3. The summed E-state index contributed by atoms with van der Waals surface area (Å²) in [5, 5.41) is 0. The minimum atomic E-state index is -0.915. The van der Waals surface area contributed by atoms with Gasteiger partial charge in [-0.3, -0.25) is 4.79 Å². The molecule has 0 spiro atoms. The lowest BCUT2D eigenvalue weighted by Crippen LogP contribution is -2.51. The number of methoxy groups -OCH3 is 1. The summed E-state index contributed by atoms with van der Waals surface area (Å²) in [4.78, 5) is 39.6. The summed E-state index contributed by atoms with van der Waals surface area (Å²) in [5.41, 5.74) is 2.22. The van der Waals surface area contributed by atoms with Crippen LogP contribution in [0.4, 0.5) is 0 Å². The Morgan fingerprint density at radius 2 is 1.87 bits per heavy atom. The van der Waals surface area contributed by atoms with E-state index in [1.165, 1.54) is 12.0 Å². The van der Waals surface area contributed by atoms with E-state index in [0.29, 0.717) is 36.3 Å². The van der Waals surface area contributed by atoms with Crippen molar-refractivity contribution in [1.82, 2.24) is 14.9 Å². The summed E-state index contributed by atoms with van der Waals surface area (Å²) in [6.07, 6.45) is 7.99. The summed E-state index contributed by atoms with van der Waals surface area (Å²) < 4.78 is 30.6. The Morgan fingerprint density at radius 1 is 1.09 bits per heavy atom. The lowest BCUT2D eigenvalue weighted by atomic mass is 9.73. The van der Waals surface area contributed by atoms with E-state index in [1.54, 1.807) is 25.1 Å². The van der Waals surface area contributed by atoms with E-state index in [1.807, 2.05) is 32.2 Å². The molecule has 1 saturated carbocycles. The van der Waals surface area contributed by atoms with Gasteiger partial charge in [0.15, 0.2) is 0 Å². The Balaban J connectivity index is 1.64. The van der Waals surface area contributed by atoms with Crippen LogP contribution in [0.3, 0.4) is 0 Å². The van der Waals surface area contributed by atoms with Crippen molar-refractivity contribution in [3.05, 3.63) is 47.3 Å². The average molecular weight is 638 g/mol. The molecular formula is C36H51N3O7. The summed E-state index contributed by atoms with van der Waals surface area (Å²) in [5.74, 6) is 0.256. The molecule has 0 N–H and O–H groups in total. The molecule has 3 fully saturated rings. The number of likely N-dealkylation sites (tertiary alicyclic amines) is 1. The number of hydrogen-bond donors (Lipinski definition) is 0. The van der Waals surface area contributed by atoms with E-state index < -0.39 is 41.6 Å². The van der Waals surface area contributed by atoms with Crippen LogP contribution in [0.15, 0.2) is 30.6 Å². The molecule has 1 amide bonds. The zero-order chi connectivity index (χ0) is 33.0. The Hall–Kier alpha value is -3.24. The second-order valence-electron chi connectivity index (χ2n) is 14.0. The van der Waals surface area contributed by atoms with Gasteiger partial charge in [0.25, 0.3) is 5.91 Å². The van der Waals surface area contributed by atoms with Crippen molar-refractivity contribution in [2.75, 3.05) is 20.3 Å². The molecule has 1 aliphatic carbocycles. The predicted octanol–water partition coefficient (Wildman–Crippen LogP) is 6.17. The molecule has 2 aliphatic heterocycles. The van der Waals surface area contributed by atoms with Gasteiger partial charge in [0.2, 0.25) is 11.8 Å². The first kappa shape index (κ1) is 34.1. The van der Waals surface area contributed by atoms with Crippen molar-refractivity contribution < 1.29 is 33.3 Å². The summed E-state index contributed by atoms with van der Waals surface area (Å²) in [7, 11) is 1.61. The zero-order valence-corrected chi connectivity index (χ0v) is 28.5. The number of rotatable bonds is 11. The Kier molecular flexibility index (Phi) is 10.9. The minimum absolute atomic E-state index is 0.163. The highest BCUT2D eigenvalue weighted by Gasteiger charge is 2.60. The molecule has 4 heterocycles. The maximum atomic E-state index is 14.6. The largest absolute Gasteiger partial charge is 0.481 e. The highest BCUT2D eigenvalue weighted by atomic mass is 16.5. The first-order valence-corrected chi connectivity index (χ1v) is 16.9. The van der Waals surface area contributed by atoms with Crippen LogP contribution in [-0.4, -0.2) is 71.4 Å². The van der Waals surface area contributed by atoms with Crippen LogP contribution >= 0.6 is 0 Å². The van der Waals surface area contributed by atoms with Gasteiger partial charge in [-0.15, -0.1) is 0 Å². The van der Waals surface area contributed by atoms with Crippen molar-refractivity contribution in [2.45, 2.75) is 123 Å². The standard InChI is InChI=1S/C36H51N3O7/c1-8-43-35(41)30-28(36(4,5)6)31(45-21-25-19-24(23-13-11-14-23)20-38-32(25)42-7)29(26-15-12-17-37-33(26)46-22(2)3)39(30)34(40)27-16-9-10-18-44-27/h12,15,17,19-20,22-23,27-31H,8-11,13-14,16,18,21H2,1-7H3/t27-,28+,29-,30-,31-/m0/s1. The fraction of sp³-hybridized carbons (Fsp3) is 0.667. The molecule has 5 atom stereocenters. The molecule has 0 aromatic carbocycles. The van der Waals surface area contributed by atoms with E-state index >= 15 is 0 Å². The Bertz CT molecular complexity index is 1350. The Morgan fingerprint density at radius 3 is 2.48 bits per heavy atom. The van der Waals surface area contributed by atoms with Crippen LogP contribution in [0.5, 0.6) is 11.8 Å². The lowest BCUT2D eigenvalue weighted by molar-refractivity contribution is -0.162. The van der Waals surface area contributed by atoms with E-state index in [2.05, 4.69) is 36.8 Å². The third kappa shape index (κ3) is 7.18. The second-order valence-corrected chi connectivity index (χ2v) is 14.0. The molecule has 252 valence electrons. The highest BCUT2D eigenvalue weighted by molar-refractivity contribution is 5.89. The molecule has 0 radical (unpaired) electrons. The Labute approximate surface area is 273 Å². The van der Waals surface area contributed by atoms with Crippen LogP contribution in [0.1, 0.15) is 109 Å². The van der Waals surface area contributed by atoms with Crippen molar-refractivity contribution in [2.24, 2.45) is 11.3 Å². The fourth-order valence-corrected chi connectivity index (χ4v) is 7.14. The maximum absolute atomic E-state index is 14.6. The number of aromatic nitrogens is 2. The molecule has 0 unspecified atom stereocenters. The number of hydrogen-bond acceptors (Lipinski definition) is 9. The van der Waals surface area contributed by atoms with Crippen LogP contribution < -0.4 is 9.47 Å². The topological polar surface area (TPSA) is 109 Å². The molecule has 2 aromatic rings. The summed E-state index contributed by atoms with van der Waals surface area (Å²) in [6.45, 7) is 12.8. The van der Waals surface area contributed by atoms with Gasteiger partial charge in [0.1, 0.15) is 12.1 Å². The number of carbonyl (C=O) groups excluding carboxylic acids is 2. The van der Waals surface area contributed by atoms with Crippen molar-refractivity contribution in [3.63, 3.8) is 0 Å². The SMILES string of the molecule is CCOC(=O)[C@@H]1[C@@H](C(C)(C)C)[C@H](OCc2cc(C3CCC3)cnc2OC)[C@H](c2cccnc2OC(C)C)N1C(=O)[C@@H]1CCCCO1. The quantitative estimate of drug-likeness (QED) is 0.267. The molecule has 3 aliphatic rings. The fourth-order valence-electron chi connectivity index (χ4n) is 7.14. The van der Waals surface area contributed by atoms with Gasteiger partial charge in [-0.25, -0.2) is 14.8 Å². The molecule has 2 aromatic heterocycles. The van der Waals surface area contributed by atoms with Crippen molar-refractivity contribution in [3.8, 4) is 11.8 Å². The van der Waals surface area contributed by atoms with Gasteiger partial charge < -0.3 is 28.6 Å². The number of ether oxygens (including phenoxy) is 5. The van der Waals surface area contributed by atoms with Crippen LogP contribution in [-0.2, 0) is 30.4 Å². The summed E-state index contributed by atoms with van der Waals surface area (Å²) >= 11 is 0. The predicted molar refractivity (Wildman–Crippen MR) is 173 cm³/mol. The van der Waals surface area contributed by atoms with Gasteiger partial charge in [0, 0.05) is 36.0 Å². The van der Waals surface area contributed by atoms with Crippen LogP contribution in [0.2, 0.25) is 0 Å². The lowest BCUT2D eigenvalue weighted by Gasteiger charge is -2.36. The average Bonchev–Trinajstić information content (AvgIpc) is 3.35. The second kappa shape index (κ2) is 14.7. The normalized spacial score (nSPS) is 25.3. The van der Waals surface area contributed by atoms with Crippen LogP contribution in [0.25, 0.3) is 0 Å². The van der Waals surface area contributed by atoms with Gasteiger partial charge >= 0.3 is 5.97 Å². The monoisotopic (exact) mass is 637 g/mol.